The van der Waals surface area contributed by atoms with Crippen LogP contribution < -0.4 is 10.6 Å². The molecule has 0 bridgehead atoms. The van der Waals surface area contributed by atoms with Crippen LogP contribution in [-0.4, -0.2) is 91.1 Å². The van der Waals surface area contributed by atoms with Gasteiger partial charge in [0.15, 0.2) is 0 Å². The van der Waals surface area contributed by atoms with Crippen molar-refractivity contribution in [2.45, 2.75) is 77.5 Å². The summed E-state index contributed by atoms with van der Waals surface area (Å²) in [6.45, 7) is 8.53. The number of hydrogen-bond acceptors (Lipinski definition) is 7. The Bertz CT molecular complexity index is 2060. The predicted molar refractivity (Wildman–Crippen MR) is 197 cm³/mol. The molecule has 14 heteroatoms. The topological polar surface area (TPSA) is 186 Å². The van der Waals surface area contributed by atoms with Crippen molar-refractivity contribution in [3.05, 3.63) is 71.4 Å². The minimum atomic E-state index is -1.22. The lowest BCUT2D eigenvalue weighted by Crippen LogP contribution is -2.51. The van der Waals surface area contributed by atoms with Gasteiger partial charge in [-0.3, -0.25) is 9.59 Å². The van der Waals surface area contributed by atoms with Crippen molar-refractivity contribution >= 4 is 35.0 Å². The number of likely N-dealkylation sites (tertiary alicyclic amines) is 2. The van der Waals surface area contributed by atoms with E-state index in [2.05, 4.69) is 37.4 Å². The van der Waals surface area contributed by atoms with Crippen LogP contribution in [0.4, 0.5) is 9.59 Å². The molecule has 53 heavy (non-hydrogen) atoms. The highest BCUT2D eigenvalue weighted by atomic mass is 16.5. The number of ether oxygens (including phenoxy) is 1. The van der Waals surface area contributed by atoms with E-state index in [4.69, 9.17) is 9.72 Å². The van der Waals surface area contributed by atoms with Gasteiger partial charge in [0.05, 0.1) is 47.9 Å². The SMILES string of the molecule is COC(=O)N[C@@H](C(=O)N1CCC[C@H]1c1nc2ccc(C#Cc3cccc(-c4nc[nH]c4[C@@H]4CCCN4C(=O)[C@@H](NC(=O)O)C(C)C)c3)cc2[nH]1)C(C)C. The van der Waals surface area contributed by atoms with Crippen LogP contribution in [0.15, 0.2) is 48.8 Å². The van der Waals surface area contributed by atoms with Crippen molar-refractivity contribution in [2.75, 3.05) is 20.2 Å². The first-order valence-electron chi connectivity index (χ1n) is 18.1. The number of carbonyl (C=O) groups is 4. The Morgan fingerprint density at radius 1 is 0.887 bits per heavy atom. The fraction of sp³-hybridized carbons (Fsp3) is 0.436. The quantitative estimate of drug-likeness (QED) is 0.143. The number of aromatic amines is 2. The minimum Gasteiger partial charge on any atom is -0.465 e. The molecule has 0 radical (unpaired) electrons. The summed E-state index contributed by atoms with van der Waals surface area (Å²) >= 11 is 0. The molecule has 14 nitrogen and oxygen atoms in total. The third-order valence-electron chi connectivity index (χ3n) is 9.98. The zero-order valence-electron chi connectivity index (χ0n) is 30.6. The Labute approximate surface area is 308 Å². The second kappa shape index (κ2) is 15.8. The predicted octanol–water partition coefficient (Wildman–Crippen LogP) is 5.35. The summed E-state index contributed by atoms with van der Waals surface area (Å²) in [6.07, 6.45) is 2.87. The van der Waals surface area contributed by atoms with Crippen molar-refractivity contribution < 1.29 is 29.0 Å². The Morgan fingerprint density at radius 2 is 1.53 bits per heavy atom. The molecular formula is C39H46N8O6. The van der Waals surface area contributed by atoms with E-state index in [9.17, 15) is 24.3 Å². The molecule has 2 aliphatic rings. The van der Waals surface area contributed by atoms with Gasteiger partial charge in [-0.2, -0.15) is 0 Å². The van der Waals surface area contributed by atoms with Crippen LogP contribution >= 0.6 is 0 Å². The number of nitrogens with zero attached hydrogens (tertiary/aromatic N) is 4. The third kappa shape index (κ3) is 7.99. The monoisotopic (exact) mass is 722 g/mol. The highest BCUT2D eigenvalue weighted by Crippen LogP contribution is 2.37. The maximum absolute atomic E-state index is 13.6. The number of hydrogen-bond donors (Lipinski definition) is 5. The third-order valence-corrected chi connectivity index (χ3v) is 9.98. The molecule has 4 atom stereocenters. The zero-order chi connectivity index (χ0) is 37.8. The first-order chi connectivity index (χ1) is 25.4. The molecule has 2 aromatic carbocycles. The Morgan fingerprint density at radius 3 is 2.19 bits per heavy atom. The average molecular weight is 723 g/mol. The number of aromatic nitrogens is 4. The number of alkyl carbamates (subject to hydrolysis) is 1. The van der Waals surface area contributed by atoms with E-state index < -0.39 is 24.3 Å². The van der Waals surface area contributed by atoms with Gasteiger partial charge >= 0.3 is 12.2 Å². The second-order valence-electron chi connectivity index (χ2n) is 14.3. The minimum absolute atomic E-state index is 0.123. The van der Waals surface area contributed by atoms with Gasteiger partial charge in [-0.15, -0.1) is 0 Å². The average Bonchev–Trinajstić information content (AvgIpc) is 3.96. The van der Waals surface area contributed by atoms with Gasteiger partial charge in [-0.1, -0.05) is 51.7 Å². The molecule has 4 amide bonds. The number of carboxylic acid groups (broad SMARTS) is 1. The van der Waals surface area contributed by atoms with Crippen molar-refractivity contribution in [3.8, 4) is 23.1 Å². The lowest BCUT2D eigenvalue weighted by Gasteiger charge is -2.30. The number of carbonyl (C=O) groups excluding carboxylic acids is 3. The maximum atomic E-state index is 13.6. The standard InChI is InChI=1S/C39H46N8O6/c1-22(2)31(44-38(50)51)36(48)46-17-7-11-29(46)34-33(40-21-41-34)26-10-6-9-24(19-26)13-14-25-15-16-27-28(20-25)43-35(42-27)30-12-8-18-47(30)37(49)32(23(3)4)45-39(52)53-5/h6,9-10,15-16,19-23,29-32,44H,7-8,11-12,17-18H2,1-5H3,(H,40,41)(H,42,43)(H,45,52)(H,50,51)/t29-,30-,31-,32+/m0/s1. The molecule has 5 N–H and O–H groups in total. The normalized spacial score (nSPS) is 18.2. The molecule has 278 valence electrons. The van der Waals surface area contributed by atoms with Crippen LogP contribution in [0, 0.1) is 23.7 Å². The summed E-state index contributed by atoms with van der Waals surface area (Å²) in [4.78, 5) is 70.1. The van der Waals surface area contributed by atoms with Crippen molar-refractivity contribution in [1.29, 1.82) is 0 Å². The summed E-state index contributed by atoms with van der Waals surface area (Å²) < 4.78 is 4.75. The molecule has 2 aliphatic heterocycles. The van der Waals surface area contributed by atoms with E-state index in [1.165, 1.54) is 7.11 Å². The summed E-state index contributed by atoms with van der Waals surface area (Å²) in [5, 5.41) is 14.4. The molecule has 4 aromatic rings. The van der Waals surface area contributed by atoms with E-state index in [-0.39, 0.29) is 35.7 Å². The first-order valence-corrected chi connectivity index (χ1v) is 18.1. The fourth-order valence-electron chi connectivity index (χ4n) is 7.29. The van der Waals surface area contributed by atoms with Crippen molar-refractivity contribution in [1.82, 2.24) is 40.4 Å². The number of nitrogens with one attached hydrogen (secondary N) is 4. The Balaban J connectivity index is 1.19. The second-order valence-corrected chi connectivity index (χ2v) is 14.3. The number of amides is 4. The van der Waals surface area contributed by atoms with Gasteiger partial charge < -0.3 is 40.2 Å². The molecule has 4 heterocycles. The molecular weight excluding hydrogens is 676 g/mol. The van der Waals surface area contributed by atoms with Gasteiger partial charge in [0.2, 0.25) is 11.8 Å². The zero-order valence-corrected chi connectivity index (χ0v) is 30.6. The van der Waals surface area contributed by atoms with Gasteiger partial charge in [-0.05, 0) is 67.9 Å². The number of fused-ring (bicyclic) bond motifs is 1. The van der Waals surface area contributed by atoms with E-state index in [0.717, 1.165) is 64.8 Å². The Hall–Kier alpha value is -5.84. The van der Waals surface area contributed by atoms with E-state index in [0.29, 0.717) is 18.9 Å². The largest absolute Gasteiger partial charge is 0.465 e. The summed E-state index contributed by atoms with van der Waals surface area (Å²) in [7, 11) is 1.28. The number of imidazole rings is 2. The van der Waals surface area contributed by atoms with Crippen molar-refractivity contribution in [2.24, 2.45) is 11.8 Å². The lowest BCUT2D eigenvalue weighted by molar-refractivity contribution is -0.136. The van der Waals surface area contributed by atoms with E-state index in [1.54, 1.807) is 16.1 Å². The van der Waals surface area contributed by atoms with Crippen LogP contribution in [0.25, 0.3) is 22.3 Å². The maximum Gasteiger partial charge on any atom is 0.407 e. The summed E-state index contributed by atoms with van der Waals surface area (Å²) in [5.74, 6) is 6.49. The van der Waals surface area contributed by atoms with Crippen LogP contribution in [-0.2, 0) is 14.3 Å². The summed E-state index contributed by atoms with van der Waals surface area (Å²) in [6, 6.07) is 11.5. The number of methoxy groups -OCH3 is 1. The molecule has 0 spiro atoms. The Kier molecular flexibility index (Phi) is 11.0. The first kappa shape index (κ1) is 36.9. The number of benzene rings is 2. The molecule has 2 fully saturated rings. The van der Waals surface area contributed by atoms with Gasteiger partial charge in [0.25, 0.3) is 0 Å². The van der Waals surface area contributed by atoms with Crippen molar-refractivity contribution in [3.63, 3.8) is 0 Å². The van der Waals surface area contributed by atoms with Crippen LogP contribution in [0.3, 0.4) is 0 Å². The smallest absolute Gasteiger partial charge is 0.407 e. The van der Waals surface area contributed by atoms with Crippen LogP contribution in [0.2, 0.25) is 0 Å². The summed E-state index contributed by atoms with van der Waals surface area (Å²) in [5.41, 5.74) is 5.52. The molecule has 0 aliphatic carbocycles. The molecule has 2 saturated heterocycles. The van der Waals surface area contributed by atoms with E-state index in [1.807, 2.05) is 70.2 Å². The number of H-pyrrole nitrogens is 2. The highest BCUT2D eigenvalue weighted by molar-refractivity contribution is 5.87. The van der Waals surface area contributed by atoms with Gasteiger partial charge in [0, 0.05) is 29.8 Å². The fourth-order valence-corrected chi connectivity index (χ4v) is 7.29. The van der Waals surface area contributed by atoms with Crippen LogP contribution in [0.1, 0.15) is 88.1 Å². The van der Waals surface area contributed by atoms with Gasteiger partial charge in [-0.25, -0.2) is 19.6 Å². The molecule has 6 rings (SSSR count). The molecule has 2 aromatic heterocycles. The van der Waals surface area contributed by atoms with E-state index >= 15 is 0 Å². The molecule has 0 saturated carbocycles. The lowest BCUT2D eigenvalue weighted by atomic mass is 10.00. The highest BCUT2D eigenvalue weighted by Gasteiger charge is 2.39. The molecule has 0 unspecified atom stereocenters. The number of rotatable bonds is 9. The van der Waals surface area contributed by atoms with Crippen LogP contribution in [0.5, 0.6) is 0 Å². The van der Waals surface area contributed by atoms with Gasteiger partial charge in [0.1, 0.15) is 17.9 Å².